The van der Waals surface area contributed by atoms with Gasteiger partial charge in [-0.2, -0.15) is 25.2 Å². The second-order valence-electron chi connectivity index (χ2n) is 14.6. The van der Waals surface area contributed by atoms with Crippen LogP contribution in [0.4, 0.5) is 28.8 Å². The fourth-order valence-electron chi connectivity index (χ4n) is 9.20. The van der Waals surface area contributed by atoms with Crippen molar-refractivity contribution in [2.24, 2.45) is 5.92 Å². The van der Waals surface area contributed by atoms with Gasteiger partial charge in [-0.25, -0.2) is 22.9 Å². The van der Waals surface area contributed by atoms with Crippen molar-refractivity contribution in [3.05, 3.63) is 52.0 Å². The first kappa shape index (κ1) is 35.7. The number of rotatable bonds is 6. The largest absolute Gasteiger partial charge is 0.461 e. The average Bonchev–Trinajstić information content (AvgIpc) is 3.96. The van der Waals surface area contributed by atoms with Crippen LogP contribution in [0.1, 0.15) is 37.7 Å². The van der Waals surface area contributed by atoms with Gasteiger partial charge in [0.1, 0.15) is 47.3 Å². The molecule has 55 heavy (non-hydrogen) atoms. The van der Waals surface area contributed by atoms with Crippen LogP contribution in [-0.2, 0) is 0 Å². The molecule has 4 aliphatic heterocycles. The Balaban J connectivity index is 1.18. The molecule has 0 aliphatic carbocycles. The molecule has 1 amide bonds. The first-order chi connectivity index (χ1) is 26.5. The van der Waals surface area contributed by atoms with E-state index in [1.165, 1.54) is 24.5 Å². The van der Waals surface area contributed by atoms with E-state index in [-0.39, 0.29) is 96.9 Å². The first-order valence-corrected chi connectivity index (χ1v) is 19.2. The van der Waals surface area contributed by atoms with Gasteiger partial charge in [0.25, 0.3) is 0 Å². The number of anilines is 2. The number of benzene rings is 2. The van der Waals surface area contributed by atoms with E-state index in [0.717, 1.165) is 35.4 Å². The molecule has 13 nitrogen and oxygen atoms in total. The van der Waals surface area contributed by atoms with Gasteiger partial charge in [0.2, 0.25) is 5.28 Å². The van der Waals surface area contributed by atoms with Crippen molar-refractivity contribution in [1.29, 1.82) is 10.5 Å². The number of nitriles is 2. The van der Waals surface area contributed by atoms with Crippen LogP contribution in [0.25, 0.3) is 32.1 Å². The zero-order valence-electron chi connectivity index (χ0n) is 28.9. The van der Waals surface area contributed by atoms with Gasteiger partial charge >= 0.3 is 12.0 Å². The smallest absolute Gasteiger partial charge is 0.346 e. The maximum atomic E-state index is 17.3. The number of likely N-dealkylation sites (tertiary alicyclic amines) is 1. The van der Waals surface area contributed by atoms with Crippen LogP contribution in [-0.4, -0.2) is 97.1 Å². The molecule has 3 aromatic heterocycles. The molecule has 1 spiro atoms. The van der Waals surface area contributed by atoms with Gasteiger partial charge in [-0.05, 0) is 55.1 Å². The molecule has 7 heterocycles. The van der Waals surface area contributed by atoms with Crippen molar-refractivity contribution in [2.45, 2.75) is 49.4 Å². The summed E-state index contributed by atoms with van der Waals surface area (Å²) in [5.74, 6) is -1.57. The molecular formula is C36H30Cl2F3N11O2S. The molecule has 2 aromatic carbocycles. The highest BCUT2D eigenvalue weighted by Gasteiger charge is 2.58. The Kier molecular flexibility index (Phi) is 8.50. The lowest BCUT2D eigenvalue weighted by atomic mass is 9.75. The fraction of sp³-hybridized carbons (Fsp3) is 0.417. The number of ether oxygens (including phenoxy) is 1. The van der Waals surface area contributed by atoms with Crippen LogP contribution in [0.2, 0.25) is 10.3 Å². The van der Waals surface area contributed by atoms with Crippen molar-refractivity contribution in [1.82, 2.24) is 34.5 Å². The Hall–Kier alpha value is -4.94. The van der Waals surface area contributed by atoms with Gasteiger partial charge in [-0.3, -0.25) is 4.90 Å². The maximum absolute atomic E-state index is 17.3. The molecule has 0 radical (unpaired) electrons. The van der Waals surface area contributed by atoms with Crippen LogP contribution in [0.15, 0.2) is 24.5 Å². The predicted molar refractivity (Wildman–Crippen MR) is 199 cm³/mol. The summed E-state index contributed by atoms with van der Waals surface area (Å²) in [6.45, 7) is 2.00. The fourth-order valence-corrected chi connectivity index (χ4v) is 10.6. The number of nitrogen functional groups attached to an aromatic ring is 1. The molecule has 282 valence electrons. The molecular weight excluding hydrogens is 778 g/mol. The Morgan fingerprint density at radius 2 is 2.00 bits per heavy atom. The number of thiophene rings is 1. The van der Waals surface area contributed by atoms with Gasteiger partial charge in [0.15, 0.2) is 5.82 Å². The van der Waals surface area contributed by atoms with Gasteiger partial charge in [-0.1, -0.05) is 17.7 Å². The third kappa shape index (κ3) is 5.46. The number of carbonyl (C=O) groups is 1. The highest BCUT2D eigenvalue weighted by atomic mass is 35.5. The summed E-state index contributed by atoms with van der Waals surface area (Å²) in [6, 6.07) is 7.68. The Labute approximate surface area is 325 Å². The number of aromatic nitrogens is 5. The molecule has 4 aliphatic rings. The molecule has 5 aromatic rings. The summed E-state index contributed by atoms with van der Waals surface area (Å²) in [5, 5.41) is 24.1. The van der Waals surface area contributed by atoms with Crippen LogP contribution in [0, 0.1) is 40.2 Å². The molecule has 9 rings (SSSR count). The van der Waals surface area contributed by atoms with Crippen LogP contribution >= 0.6 is 34.5 Å². The molecule has 19 heteroatoms. The average molecular weight is 809 g/mol. The van der Waals surface area contributed by atoms with E-state index >= 15 is 8.78 Å². The van der Waals surface area contributed by atoms with E-state index in [1.807, 2.05) is 11.0 Å². The number of carbonyl (C=O) groups excluding carboxylic acids is 1. The molecule has 4 atom stereocenters. The Morgan fingerprint density at radius 3 is 2.73 bits per heavy atom. The highest BCUT2D eigenvalue weighted by molar-refractivity contribution is 7.23. The van der Waals surface area contributed by atoms with E-state index in [0.29, 0.717) is 25.9 Å². The predicted octanol–water partition coefficient (Wildman–Crippen LogP) is 6.56. The molecule has 4 saturated heterocycles. The summed E-state index contributed by atoms with van der Waals surface area (Å²) < 4.78 is 54.4. The number of hydrogen-bond acceptors (Lipinski definition) is 12. The number of alkyl halides is 1. The summed E-state index contributed by atoms with van der Waals surface area (Å²) in [6.07, 6.45) is 2.80. The minimum absolute atomic E-state index is 0.000712. The number of nitrogens with zero attached hydrogens (tertiary/aromatic N) is 10. The first-order valence-electron chi connectivity index (χ1n) is 17.6. The Bertz CT molecular complexity index is 2520. The second kappa shape index (κ2) is 13.1. The summed E-state index contributed by atoms with van der Waals surface area (Å²) in [7, 11) is 0. The zero-order valence-corrected chi connectivity index (χ0v) is 31.2. The molecule has 0 bridgehead atoms. The minimum Gasteiger partial charge on any atom is -0.461 e. The van der Waals surface area contributed by atoms with Gasteiger partial charge in [-0.15, -0.1) is 16.4 Å². The van der Waals surface area contributed by atoms with Gasteiger partial charge < -0.3 is 20.3 Å². The van der Waals surface area contributed by atoms with Crippen LogP contribution in [0.5, 0.6) is 6.01 Å². The van der Waals surface area contributed by atoms with E-state index in [9.17, 15) is 19.7 Å². The lowest BCUT2D eigenvalue weighted by molar-refractivity contribution is 0.00665. The van der Waals surface area contributed by atoms with E-state index < -0.39 is 34.9 Å². The number of nitrogens with two attached hydrogens (primary N) is 1. The molecule has 0 saturated carbocycles. The van der Waals surface area contributed by atoms with Crippen molar-refractivity contribution < 1.29 is 22.7 Å². The van der Waals surface area contributed by atoms with Gasteiger partial charge in [0.05, 0.1) is 32.4 Å². The monoisotopic (exact) mass is 807 g/mol. The third-order valence-electron chi connectivity index (χ3n) is 11.8. The second-order valence-corrected chi connectivity index (χ2v) is 16.4. The molecule has 2 unspecified atom stereocenters. The number of hydrogen-bond donors (Lipinski definition) is 1. The van der Waals surface area contributed by atoms with Crippen LogP contribution < -0.4 is 15.4 Å². The lowest BCUT2D eigenvalue weighted by Gasteiger charge is -2.52. The third-order valence-corrected chi connectivity index (χ3v) is 13.3. The zero-order chi connectivity index (χ0) is 38.4. The van der Waals surface area contributed by atoms with Crippen molar-refractivity contribution in [2.75, 3.05) is 50.0 Å². The quantitative estimate of drug-likeness (QED) is 0.198. The standard InChI is InChI=1S/C36H30Cl2F3N11O2S/c37-23-10-21-28(27(41)26(23)20-2-3-24(40)29-25(20)22(12-43)30(44)55-29)46-33(54-16-35-5-1-8-50(35)14-19(39)11-35)47-31(21)49-13-18(4-7-42)36(15-49)6-9-51(36)34(53)52-17-45-32(38)48-52/h2-3,10,17-19H,1,4-6,8-9,11,13-16,44H2/t18?,19-,35+,36?/m1/s1. The number of amides is 1. The minimum atomic E-state index is -1.00. The van der Waals surface area contributed by atoms with E-state index in [4.69, 9.17) is 38.7 Å². The summed E-state index contributed by atoms with van der Waals surface area (Å²) >= 11 is 13.7. The molecule has 2 N–H and O–H groups in total. The Morgan fingerprint density at radius 1 is 1.16 bits per heavy atom. The molecule has 4 fully saturated rings. The normalized spacial score (nSPS) is 24.8. The van der Waals surface area contributed by atoms with E-state index in [1.54, 1.807) is 4.90 Å². The summed E-state index contributed by atoms with van der Waals surface area (Å²) in [4.78, 5) is 32.5. The maximum Gasteiger partial charge on any atom is 0.346 e. The lowest BCUT2D eigenvalue weighted by Crippen LogP contribution is -2.67. The number of halogens is 5. The SMILES string of the molecule is N#CCC1CN(c2nc(OC[C@@]34CCCN3C[C@H](F)C4)nc3c(F)c(-c4ccc(F)c5sc(N)c(C#N)c45)c(Cl)cc23)CC12CCN2C(=O)n1cnc(Cl)n1. The topological polar surface area (TPSA) is 166 Å². The highest BCUT2D eigenvalue weighted by Crippen LogP contribution is 2.49. The van der Waals surface area contributed by atoms with Crippen molar-refractivity contribution in [3.63, 3.8) is 0 Å². The van der Waals surface area contributed by atoms with Crippen molar-refractivity contribution in [3.8, 4) is 29.3 Å². The summed E-state index contributed by atoms with van der Waals surface area (Å²) in [5.41, 5.74) is 4.60. The van der Waals surface area contributed by atoms with Gasteiger partial charge in [0, 0.05) is 61.3 Å². The van der Waals surface area contributed by atoms with Crippen LogP contribution in [0.3, 0.4) is 0 Å². The van der Waals surface area contributed by atoms with Crippen molar-refractivity contribution >= 4 is 72.4 Å². The number of fused-ring (bicyclic) bond motifs is 3. The van der Waals surface area contributed by atoms with E-state index in [2.05, 4.69) is 26.0 Å².